The molecule has 1 aromatic carbocycles. The predicted molar refractivity (Wildman–Crippen MR) is 128 cm³/mol. The van der Waals surface area contributed by atoms with E-state index in [1.54, 1.807) is 4.90 Å². The first kappa shape index (κ1) is 22.6. The SMILES string of the molecule is Cc1c(CC2C(=O)Nc3ccc(Br)cc32)[nH]c2c1C(=O)N(CC(O)CN1CCOCC1)CC2. The number of carbonyl (C=O) groups is 2. The van der Waals surface area contributed by atoms with Crippen LogP contribution >= 0.6 is 15.9 Å². The average Bonchev–Trinajstić information content (AvgIpc) is 3.27. The van der Waals surface area contributed by atoms with Gasteiger partial charge in [0, 0.05) is 67.1 Å². The summed E-state index contributed by atoms with van der Waals surface area (Å²) >= 11 is 3.50. The van der Waals surface area contributed by atoms with Crippen molar-refractivity contribution in [1.82, 2.24) is 14.8 Å². The van der Waals surface area contributed by atoms with Crippen molar-refractivity contribution in [2.45, 2.75) is 31.8 Å². The summed E-state index contributed by atoms with van der Waals surface area (Å²) in [5, 5.41) is 13.6. The summed E-state index contributed by atoms with van der Waals surface area (Å²) < 4.78 is 6.30. The number of H-pyrrole nitrogens is 1. The number of aliphatic hydroxyl groups excluding tert-OH is 1. The average molecular weight is 517 g/mol. The molecule has 3 aliphatic heterocycles. The quantitative estimate of drug-likeness (QED) is 0.545. The van der Waals surface area contributed by atoms with Crippen molar-refractivity contribution < 1.29 is 19.4 Å². The summed E-state index contributed by atoms with van der Waals surface area (Å²) in [4.78, 5) is 33.3. The van der Waals surface area contributed by atoms with Crippen LogP contribution < -0.4 is 5.32 Å². The van der Waals surface area contributed by atoms with Crippen LogP contribution in [0.3, 0.4) is 0 Å². The Hall–Kier alpha value is -2.20. The van der Waals surface area contributed by atoms with Gasteiger partial charge in [-0.2, -0.15) is 0 Å². The van der Waals surface area contributed by atoms with Crippen molar-refractivity contribution in [1.29, 1.82) is 0 Å². The summed E-state index contributed by atoms with van der Waals surface area (Å²) in [7, 11) is 0. The van der Waals surface area contributed by atoms with Gasteiger partial charge in [-0.3, -0.25) is 14.5 Å². The second-order valence-corrected chi connectivity index (χ2v) is 10.0. The predicted octanol–water partition coefficient (Wildman–Crippen LogP) is 2.06. The van der Waals surface area contributed by atoms with Crippen LogP contribution in [0.25, 0.3) is 0 Å². The minimum Gasteiger partial charge on any atom is -0.390 e. The molecule has 2 aromatic rings. The minimum atomic E-state index is -0.593. The summed E-state index contributed by atoms with van der Waals surface area (Å²) in [6.45, 7) is 6.38. The van der Waals surface area contributed by atoms with E-state index in [-0.39, 0.29) is 17.7 Å². The number of benzene rings is 1. The molecule has 8 nitrogen and oxygen atoms in total. The number of halogens is 1. The summed E-state index contributed by atoms with van der Waals surface area (Å²) in [5.41, 5.74) is 5.27. The zero-order valence-corrected chi connectivity index (χ0v) is 20.3. The Morgan fingerprint density at radius 1 is 1.21 bits per heavy atom. The molecule has 1 fully saturated rings. The topological polar surface area (TPSA) is 97.9 Å². The number of aliphatic hydroxyl groups is 1. The Morgan fingerprint density at radius 2 is 2.00 bits per heavy atom. The van der Waals surface area contributed by atoms with Crippen LogP contribution in [0.2, 0.25) is 0 Å². The Morgan fingerprint density at radius 3 is 2.79 bits per heavy atom. The van der Waals surface area contributed by atoms with Gasteiger partial charge in [0.15, 0.2) is 0 Å². The fourth-order valence-corrected chi connectivity index (χ4v) is 5.55. The number of aromatic amines is 1. The van der Waals surface area contributed by atoms with Gasteiger partial charge < -0.3 is 25.0 Å². The van der Waals surface area contributed by atoms with E-state index in [4.69, 9.17) is 4.74 Å². The molecule has 2 atom stereocenters. The normalized spacial score (nSPS) is 21.7. The molecule has 0 bridgehead atoms. The zero-order chi connectivity index (χ0) is 23.1. The number of carbonyl (C=O) groups excluding carboxylic acids is 2. The van der Waals surface area contributed by atoms with Gasteiger partial charge in [0.25, 0.3) is 5.91 Å². The number of rotatable bonds is 6. The number of hydrogen-bond acceptors (Lipinski definition) is 5. The van der Waals surface area contributed by atoms with Crippen LogP contribution in [0.4, 0.5) is 5.69 Å². The third-order valence-corrected chi connectivity index (χ3v) is 7.43. The van der Waals surface area contributed by atoms with Gasteiger partial charge in [0.2, 0.25) is 5.91 Å². The highest BCUT2D eigenvalue weighted by Gasteiger charge is 2.35. The van der Waals surface area contributed by atoms with Gasteiger partial charge >= 0.3 is 0 Å². The largest absolute Gasteiger partial charge is 0.390 e. The second-order valence-electron chi connectivity index (χ2n) is 9.13. The van der Waals surface area contributed by atoms with Gasteiger partial charge in [-0.05, 0) is 36.2 Å². The van der Waals surface area contributed by atoms with Crippen molar-refractivity contribution in [2.75, 3.05) is 51.3 Å². The maximum atomic E-state index is 13.3. The molecular weight excluding hydrogens is 488 g/mol. The van der Waals surface area contributed by atoms with Gasteiger partial charge in [0.1, 0.15) is 0 Å². The lowest BCUT2D eigenvalue weighted by atomic mass is 9.93. The zero-order valence-electron chi connectivity index (χ0n) is 18.7. The van der Waals surface area contributed by atoms with Crippen LogP contribution in [0, 0.1) is 6.92 Å². The van der Waals surface area contributed by atoms with E-state index in [1.807, 2.05) is 25.1 Å². The molecule has 9 heteroatoms. The molecule has 4 heterocycles. The standard InChI is InChI=1S/C24H29BrN4O4/c1-14-21(11-18-17-10-15(25)2-3-19(17)27-23(18)31)26-20-4-5-29(24(32)22(14)20)13-16(30)12-28-6-8-33-9-7-28/h2-3,10,16,18,26,30H,4-9,11-13H2,1H3,(H,27,31). The first-order chi connectivity index (χ1) is 15.9. The maximum Gasteiger partial charge on any atom is 0.256 e. The highest BCUT2D eigenvalue weighted by molar-refractivity contribution is 9.10. The van der Waals surface area contributed by atoms with Crippen molar-refractivity contribution in [3.05, 3.63) is 50.8 Å². The Labute approximate surface area is 201 Å². The smallest absolute Gasteiger partial charge is 0.256 e. The Kier molecular flexibility index (Phi) is 6.30. The van der Waals surface area contributed by atoms with Crippen molar-refractivity contribution in [3.63, 3.8) is 0 Å². The molecule has 33 heavy (non-hydrogen) atoms. The molecule has 1 saturated heterocycles. The van der Waals surface area contributed by atoms with Crippen molar-refractivity contribution in [3.8, 4) is 0 Å². The highest BCUT2D eigenvalue weighted by Crippen LogP contribution is 2.37. The molecule has 0 spiro atoms. The minimum absolute atomic E-state index is 0.0192. The molecule has 3 aliphatic rings. The molecule has 2 amide bonds. The van der Waals surface area contributed by atoms with E-state index in [1.165, 1.54) is 0 Å². The van der Waals surface area contributed by atoms with E-state index >= 15 is 0 Å². The van der Waals surface area contributed by atoms with E-state index in [9.17, 15) is 14.7 Å². The van der Waals surface area contributed by atoms with Crippen molar-refractivity contribution >= 4 is 33.4 Å². The molecule has 2 unspecified atom stereocenters. The van der Waals surface area contributed by atoms with Gasteiger partial charge in [-0.25, -0.2) is 0 Å². The third kappa shape index (κ3) is 4.47. The fourth-order valence-electron chi connectivity index (χ4n) is 5.17. The molecule has 0 aliphatic carbocycles. The summed E-state index contributed by atoms with van der Waals surface area (Å²) in [6.07, 6.45) is 0.635. The van der Waals surface area contributed by atoms with Crippen LogP contribution in [0.15, 0.2) is 22.7 Å². The first-order valence-electron chi connectivity index (χ1n) is 11.5. The third-order valence-electron chi connectivity index (χ3n) is 6.94. The first-order valence-corrected chi connectivity index (χ1v) is 12.3. The van der Waals surface area contributed by atoms with Crippen LogP contribution in [0.1, 0.15) is 38.8 Å². The van der Waals surface area contributed by atoms with E-state index in [0.717, 1.165) is 45.8 Å². The molecule has 176 valence electrons. The van der Waals surface area contributed by atoms with E-state index in [0.29, 0.717) is 51.3 Å². The number of amides is 2. The number of nitrogens with one attached hydrogen (secondary N) is 2. The Balaban J connectivity index is 1.30. The number of nitrogens with zero attached hydrogens (tertiary/aromatic N) is 2. The van der Waals surface area contributed by atoms with E-state index < -0.39 is 6.10 Å². The number of anilines is 1. The summed E-state index contributed by atoms with van der Waals surface area (Å²) in [6, 6.07) is 5.81. The maximum absolute atomic E-state index is 13.3. The molecular formula is C24H29BrN4O4. The number of fused-ring (bicyclic) bond motifs is 2. The molecule has 5 rings (SSSR count). The van der Waals surface area contributed by atoms with Crippen LogP contribution in [-0.4, -0.2) is 83.7 Å². The van der Waals surface area contributed by atoms with Crippen molar-refractivity contribution in [2.24, 2.45) is 0 Å². The highest BCUT2D eigenvalue weighted by atomic mass is 79.9. The van der Waals surface area contributed by atoms with E-state index in [2.05, 4.69) is 31.1 Å². The summed E-state index contributed by atoms with van der Waals surface area (Å²) in [5.74, 6) is -0.358. The second kappa shape index (κ2) is 9.21. The lowest BCUT2D eigenvalue weighted by Gasteiger charge is -2.32. The molecule has 0 saturated carbocycles. The van der Waals surface area contributed by atoms with Gasteiger partial charge in [0.05, 0.1) is 30.8 Å². The number of morpholine rings is 1. The van der Waals surface area contributed by atoms with Crippen LogP contribution in [-0.2, 0) is 22.4 Å². The number of hydrogen-bond donors (Lipinski definition) is 3. The monoisotopic (exact) mass is 516 g/mol. The van der Waals surface area contributed by atoms with Crippen LogP contribution in [0.5, 0.6) is 0 Å². The lowest BCUT2D eigenvalue weighted by Crippen LogP contribution is -2.47. The molecule has 1 aromatic heterocycles. The Bertz CT molecular complexity index is 1080. The lowest BCUT2D eigenvalue weighted by molar-refractivity contribution is -0.117. The number of β-amino-alcohol motifs (C(OH)–C–C–N with tert-alkyl or cyclic N) is 1. The fraction of sp³-hybridized carbons (Fsp3) is 0.500. The van der Waals surface area contributed by atoms with Gasteiger partial charge in [-0.15, -0.1) is 0 Å². The molecule has 3 N–H and O–H groups in total. The number of aromatic nitrogens is 1. The van der Waals surface area contributed by atoms with Gasteiger partial charge in [-0.1, -0.05) is 15.9 Å². The number of ether oxygens (including phenoxy) is 1. The molecule has 0 radical (unpaired) electrons.